The monoisotopic (exact) mass is 241 g/mol. The Morgan fingerprint density at radius 1 is 1.35 bits per heavy atom. The Labute approximate surface area is 102 Å². The third-order valence-corrected chi connectivity index (χ3v) is 2.59. The summed E-state index contributed by atoms with van der Waals surface area (Å²) in [5.74, 6) is 1.19. The van der Waals surface area contributed by atoms with Crippen molar-refractivity contribution < 1.29 is 13.9 Å². The highest BCUT2D eigenvalue weighted by atomic mass is 19.1. The number of alkyl halides is 1. The molecule has 0 fully saturated rings. The van der Waals surface area contributed by atoms with Crippen molar-refractivity contribution in [3.05, 3.63) is 23.8 Å². The van der Waals surface area contributed by atoms with E-state index in [2.05, 4.69) is 6.92 Å². The minimum Gasteiger partial charge on any atom is -0.493 e. The van der Waals surface area contributed by atoms with Crippen LogP contribution in [-0.2, 0) is 6.42 Å². The number of rotatable bonds is 7. The van der Waals surface area contributed by atoms with Gasteiger partial charge >= 0.3 is 0 Å². The first-order valence-corrected chi connectivity index (χ1v) is 5.82. The molecule has 0 amide bonds. The van der Waals surface area contributed by atoms with Crippen LogP contribution in [0.3, 0.4) is 0 Å². The topological polar surface area (TPSA) is 44.5 Å². The molecule has 0 aromatic heterocycles. The molecule has 0 radical (unpaired) electrons. The molecule has 0 spiro atoms. The first kappa shape index (κ1) is 13.8. The Balaban J connectivity index is 2.77. The van der Waals surface area contributed by atoms with Crippen molar-refractivity contribution in [2.75, 3.05) is 20.4 Å². The smallest absolute Gasteiger partial charge is 0.161 e. The van der Waals surface area contributed by atoms with Crippen LogP contribution in [0.25, 0.3) is 0 Å². The van der Waals surface area contributed by atoms with E-state index in [1.165, 1.54) is 0 Å². The summed E-state index contributed by atoms with van der Waals surface area (Å²) in [4.78, 5) is 0. The summed E-state index contributed by atoms with van der Waals surface area (Å²) in [5, 5.41) is 0. The van der Waals surface area contributed by atoms with E-state index in [0.717, 1.165) is 18.4 Å². The van der Waals surface area contributed by atoms with Gasteiger partial charge in [0.15, 0.2) is 11.5 Å². The van der Waals surface area contributed by atoms with E-state index in [-0.39, 0.29) is 12.6 Å². The summed E-state index contributed by atoms with van der Waals surface area (Å²) in [6.45, 7) is 1.59. The molecule has 96 valence electrons. The van der Waals surface area contributed by atoms with Crippen LogP contribution < -0.4 is 15.2 Å². The van der Waals surface area contributed by atoms with Crippen molar-refractivity contribution in [1.82, 2.24) is 0 Å². The molecule has 1 aromatic rings. The number of hydrogen-bond acceptors (Lipinski definition) is 3. The molecule has 0 aliphatic heterocycles. The van der Waals surface area contributed by atoms with Gasteiger partial charge in [0.25, 0.3) is 0 Å². The average molecular weight is 241 g/mol. The number of halogens is 1. The van der Waals surface area contributed by atoms with Gasteiger partial charge in [-0.1, -0.05) is 13.0 Å². The second kappa shape index (κ2) is 7.12. The second-order valence-electron chi connectivity index (χ2n) is 3.90. The first-order chi connectivity index (χ1) is 8.21. The van der Waals surface area contributed by atoms with Crippen LogP contribution in [-0.4, -0.2) is 26.4 Å². The normalized spacial score (nSPS) is 12.2. The van der Waals surface area contributed by atoms with E-state index < -0.39 is 6.67 Å². The maximum Gasteiger partial charge on any atom is 0.161 e. The predicted octanol–water partition coefficient (Wildman–Crippen LogP) is 2.32. The van der Waals surface area contributed by atoms with Gasteiger partial charge in [-0.3, -0.25) is 0 Å². The number of methoxy groups -OCH3 is 1. The van der Waals surface area contributed by atoms with Crippen molar-refractivity contribution in [1.29, 1.82) is 0 Å². The Bertz CT molecular complexity index is 344. The quantitative estimate of drug-likeness (QED) is 0.796. The highest BCUT2D eigenvalue weighted by molar-refractivity contribution is 5.43. The maximum absolute atomic E-state index is 12.0. The van der Waals surface area contributed by atoms with Crippen LogP contribution in [0.5, 0.6) is 11.5 Å². The molecule has 1 rings (SSSR count). The molecule has 0 bridgehead atoms. The second-order valence-corrected chi connectivity index (χ2v) is 3.90. The molecule has 0 aliphatic carbocycles. The molecular formula is C13H20FNO2. The lowest BCUT2D eigenvalue weighted by molar-refractivity contribution is 0.260. The summed E-state index contributed by atoms with van der Waals surface area (Å²) < 4.78 is 22.5. The van der Waals surface area contributed by atoms with E-state index in [1.54, 1.807) is 13.2 Å². The lowest BCUT2D eigenvalue weighted by Crippen LogP contribution is -2.21. The third-order valence-electron chi connectivity index (χ3n) is 2.59. The van der Waals surface area contributed by atoms with Gasteiger partial charge in [0.1, 0.15) is 13.3 Å². The zero-order valence-corrected chi connectivity index (χ0v) is 10.4. The summed E-state index contributed by atoms with van der Waals surface area (Å²) >= 11 is 0. The number of nitrogens with two attached hydrogens (primary N) is 1. The number of hydrogen-bond donors (Lipinski definition) is 1. The van der Waals surface area contributed by atoms with E-state index >= 15 is 0 Å². The van der Waals surface area contributed by atoms with Crippen LogP contribution >= 0.6 is 0 Å². The van der Waals surface area contributed by atoms with Gasteiger partial charge in [0, 0.05) is 6.04 Å². The minimum absolute atomic E-state index is 0.0458. The number of benzene rings is 1. The first-order valence-electron chi connectivity index (χ1n) is 5.82. The highest BCUT2D eigenvalue weighted by Gasteiger charge is 2.08. The Hall–Kier alpha value is -1.29. The van der Waals surface area contributed by atoms with Gasteiger partial charge in [-0.2, -0.15) is 0 Å². The van der Waals surface area contributed by atoms with Crippen molar-refractivity contribution in [2.45, 2.75) is 25.8 Å². The molecule has 0 heterocycles. The highest BCUT2D eigenvalue weighted by Crippen LogP contribution is 2.28. The van der Waals surface area contributed by atoms with Crippen molar-refractivity contribution in [3.8, 4) is 11.5 Å². The Kier molecular flexibility index (Phi) is 5.77. The SMILES string of the molecule is CCC(N)Cc1ccc(OCCF)c(OC)c1. The molecular weight excluding hydrogens is 221 g/mol. The summed E-state index contributed by atoms with van der Waals surface area (Å²) in [6, 6.07) is 5.78. The van der Waals surface area contributed by atoms with Crippen molar-refractivity contribution in [2.24, 2.45) is 5.73 Å². The van der Waals surface area contributed by atoms with Crippen LogP contribution in [0.2, 0.25) is 0 Å². The minimum atomic E-state index is -0.508. The largest absolute Gasteiger partial charge is 0.493 e. The van der Waals surface area contributed by atoms with Crippen LogP contribution in [0, 0.1) is 0 Å². The average Bonchev–Trinajstić information content (AvgIpc) is 2.36. The molecule has 1 aromatic carbocycles. The molecule has 0 saturated heterocycles. The van der Waals surface area contributed by atoms with Gasteiger partial charge < -0.3 is 15.2 Å². The van der Waals surface area contributed by atoms with Gasteiger partial charge in [-0.25, -0.2) is 4.39 Å². The van der Waals surface area contributed by atoms with Gasteiger partial charge in [-0.05, 0) is 30.5 Å². The maximum atomic E-state index is 12.0. The third kappa shape index (κ3) is 4.23. The zero-order chi connectivity index (χ0) is 12.7. The van der Waals surface area contributed by atoms with E-state index in [4.69, 9.17) is 15.2 Å². The lowest BCUT2D eigenvalue weighted by Gasteiger charge is -2.13. The lowest BCUT2D eigenvalue weighted by atomic mass is 10.0. The molecule has 2 N–H and O–H groups in total. The molecule has 4 heteroatoms. The van der Waals surface area contributed by atoms with Crippen LogP contribution in [0.15, 0.2) is 18.2 Å². The summed E-state index contributed by atoms with van der Waals surface area (Å²) in [5.41, 5.74) is 6.99. The predicted molar refractivity (Wildman–Crippen MR) is 66.4 cm³/mol. The van der Waals surface area contributed by atoms with E-state index in [9.17, 15) is 4.39 Å². The molecule has 17 heavy (non-hydrogen) atoms. The van der Waals surface area contributed by atoms with Gasteiger partial charge in [0.2, 0.25) is 0 Å². The van der Waals surface area contributed by atoms with Gasteiger partial charge in [-0.15, -0.1) is 0 Å². The fourth-order valence-corrected chi connectivity index (χ4v) is 1.55. The summed E-state index contributed by atoms with van der Waals surface area (Å²) in [6.07, 6.45) is 1.73. The molecule has 1 unspecified atom stereocenters. The van der Waals surface area contributed by atoms with Crippen LogP contribution in [0.1, 0.15) is 18.9 Å². The fourth-order valence-electron chi connectivity index (χ4n) is 1.55. The van der Waals surface area contributed by atoms with Crippen LogP contribution in [0.4, 0.5) is 4.39 Å². The standard InChI is InChI=1S/C13H20FNO2/c1-3-11(15)8-10-4-5-12(17-7-6-14)13(9-10)16-2/h4-5,9,11H,3,6-8,15H2,1-2H3. The Morgan fingerprint density at radius 2 is 2.12 bits per heavy atom. The van der Waals surface area contributed by atoms with E-state index in [1.807, 2.05) is 12.1 Å². The molecule has 3 nitrogen and oxygen atoms in total. The van der Waals surface area contributed by atoms with Crippen molar-refractivity contribution >= 4 is 0 Å². The zero-order valence-electron chi connectivity index (χ0n) is 10.4. The van der Waals surface area contributed by atoms with Crippen molar-refractivity contribution in [3.63, 3.8) is 0 Å². The van der Waals surface area contributed by atoms with E-state index in [0.29, 0.717) is 11.5 Å². The molecule has 0 aliphatic rings. The Morgan fingerprint density at radius 3 is 2.71 bits per heavy atom. The molecule has 1 atom stereocenters. The fraction of sp³-hybridized carbons (Fsp3) is 0.538. The van der Waals surface area contributed by atoms with Gasteiger partial charge in [0.05, 0.1) is 7.11 Å². The number of ether oxygens (including phenoxy) is 2. The summed E-state index contributed by atoms with van der Waals surface area (Å²) in [7, 11) is 1.57. The molecule has 0 saturated carbocycles.